The topological polar surface area (TPSA) is 179 Å². The van der Waals surface area contributed by atoms with Crippen molar-refractivity contribution in [2.75, 3.05) is 0 Å². The molecular formula is H2Ca3O8Si2. The summed E-state index contributed by atoms with van der Waals surface area (Å²) >= 11 is 0. The summed E-state index contributed by atoms with van der Waals surface area (Å²) in [5.74, 6) is 0. The van der Waals surface area contributed by atoms with Gasteiger partial charge in [-0.3, -0.25) is 0 Å². The van der Waals surface area contributed by atoms with Gasteiger partial charge in [0.15, 0.2) is 0 Å². The zero-order chi connectivity index (χ0) is 9.00. The SMILES string of the molecule is [Ca+2].[Ca+2].[Ca+2].[O-][Si]([O-])([O-])O.[O-][Si]([O-])([O-])O. The summed E-state index contributed by atoms with van der Waals surface area (Å²) in [4.78, 5) is 66.1. The van der Waals surface area contributed by atoms with Gasteiger partial charge in [0, 0.05) is 0 Å². The molecule has 0 saturated heterocycles. The Morgan fingerprint density at radius 3 is 0.538 bits per heavy atom. The summed E-state index contributed by atoms with van der Waals surface area (Å²) in [6, 6.07) is 0. The minimum Gasteiger partial charge on any atom is -0.861 e. The molecular weight excluding hydrogens is 304 g/mol. The van der Waals surface area contributed by atoms with Crippen molar-refractivity contribution in [1.82, 2.24) is 0 Å². The van der Waals surface area contributed by atoms with Crippen LogP contribution < -0.4 is 28.8 Å². The van der Waals surface area contributed by atoms with E-state index in [2.05, 4.69) is 0 Å². The van der Waals surface area contributed by atoms with Crippen LogP contribution in [-0.4, -0.2) is 141 Å². The minimum absolute atomic E-state index is 0. The van der Waals surface area contributed by atoms with Gasteiger partial charge >= 0.3 is 113 Å². The van der Waals surface area contributed by atoms with Gasteiger partial charge in [0.25, 0.3) is 0 Å². The Morgan fingerprint density at radius 1 is 0.538 bits per heavy atom. The fourth-order valence-corrected chi connectivity index (χ4v) is 0. The van der Waals surface area contributed by atoms with Crippen molar-refractivity contribution in [3.05, 3.63) is 0 Å². The van der Waals surface area contributed by atoms with Crippen molar-refractivity contribution in [3.8, 4) is 0 Å². The Kier molecular flexibility index (Phi) is 32.4. The molecule has 0 radical (unpaired) electrons. The molecule has 0 aliphatic carbocycles. The van der Waals surface area contributed by atoms with Crippen LogP contribution in [0.2, 0.25) is 0 Å². The fraction of sp³-hybridized carbons (Fsp3) is 0. The third-order valence-electron chi connectivity index (χ3n) is 0. The van der Waals surface area contributed by atoms with E-state index in [4.69, 9.17) is 38.4 Å². The van der Waals surface area contributed by atoms with E-state index in [1.807, 2.05) is 0 Å². The first-order valence-corrected chi connectivity index (χ1v) is 5.02. The first kappa shape index (κ1) is 30.2. The molecule has 0 fully saturated rings. The summed E-state index contributed by atoms with van der Waals surface area (Å²) in [5.41, 5.74) is 0. The van der Waals surface area contributed by atoms with Gasteiger partial charge < -0.3 is 38.4 Å². The van der Waals surface area contributed by atoms with E-state index in [0.29, 0.717) is 0 Å². The average Bonchev–Trinajstić information content (AvgIpc) is 1.12. The monoisotopic (exact) mass is 306 g/mol. The van der Waals surface area contributed by atoms with Gasteiger partial charge in [-0.05, 0) is 0 Å². The third kappa shape index (κ3) is 202. The molecule has 64 valence electrons. The molecule has 0 aromatic heterocycles. The summed E-state index contributed by atoms with van der Waals surface area (Å²) in [6.45, 7) is 0. The minimum atomic E-state index is -5.36. The smallest absolute Gasteiger partial charge is 0.861 e. The van der Waals surface area contributed by atoms with Crippen LogP contribution in [0.3, 0.4) is 0 Å². The van der Waals surface area contributed by atoms with Gasteiger partial charge in [-0.15, -0.1) is 18.1 Å². The molecule has 0 atom stereocenters. The molecule has 0 aromatic rings. The summed E-state index contributed by atoms with van der Waals surface area (Å²) in [7, 11) is -10.7. The molecule has 0 unspecified atom stereocenters. The Bertz CT molecular complexity index is 60.4. The quantitative estimate of drug-likeness (QED) is 0.414. The molecule has 0 aromatic carbocycles. The molecule has 0 aliphatic heterocycles. The van der Waals surface area contributed by atoms with Crippen LogP contribution in [0.25, 0.3) is 0 Å². The van der Waals surface area contributed by atoms with Gasteiger partial charge in [0.05, 0.1) is 0 Å². The Balaban J connectivity index is -0.0000000267. The predicted molar refractivity (Wildman–Crippen MR) is 33.2 cm³/mol. The van der Waals surface area contributed by atoms with Gasteiger partial charge in [-0.25, -0.2) is 0 Å². The molecule has 0 rings (SSSR count). The second-order valence-electron chi connectivity index (χ2n) is 1.05. The molecule has 2 N–H and O–H groups in total. The van der Waals surface area contributed by atoms with Gasteiger partial charge in [-0.1, -0.05) is 0 Å². The summed E-state index contributed by atoms with van der Waals surface area (Å²) in [6.07, 6.45) is 0. The molecule has 13 heavy (non-hydrogen) atoms. The number of hydrogen-bond acceptors (Lipinski definition) is 8. The predicted octanol–water partition coefficient (Wildman–Crippen LogP) is -10.2. The van der Waals surface area contributed by atoms with Gasteiger partial charge in [-0.2, -0.15) is 0 Å². The van der Waals surface area contributed by atoms with E-state index in [-0.39, 0.29) is 113 Å². The molecule has 0 saturated carbocycles. The Morgan fingerprint density at radius 2 is 0.538 bits per heavy atom. The molecule has 0 aliphatic rings. The largest absolute Gasteiger partial charge is 2.00 e. The van der Waals surface area contributed by atoms with E-state index in [9.17, 15) is 0 Å². The Hall–Kier alpha value is 3.89. The van der Waals surface area contributed by atoms with Crippen molar-refractivity contribution >= 4 is 131 Å². The maximum Gasteiger partial charge on any atom is 2.00 e. The van der Waals surface area contributed by atoms with Crippen LogP contribution in [-0.2, 0) is 0 Å². The first-order valence-electron chi connectivity index (χ1n) is 1.67. The van der Waals surface area contributed by atoms with E-state index < -0.39 is 18.1 Å². The van der Waals surface area contributed by atoms with Crippen LogP contribution in [0.5, 0.6) is 0 Å². The van der Waals surface area contributed by atoms with Crippen molar-refractivity contribution in [2.24, 2.45) is 0 Å². The van der Waals surface area contributed by atoms with E-state index >= 15 is 0 Å². The molecule has 8 nitrogen and oxygen atoms in total. The van der Waals surface area contributed by atoms with E-state index in [1.54, 1.807) is 0 Å². The van der Waals surface area contributed by atoms with E-state index in [0.717, 1.165) is 0 Å². The summed E-state index contributed by atoms with van der Waals surface area (Å²) in [5, 5.41) is 0. The Labute approximate surface area is 166 Å². The zero-order valence-electron chi connectivity index (χ0n) is 6.47. The second-order valence-corrected chi connectivity index (χ2v) is 3.14. The number of rotatable bonds is 0. The maximum absolute atomic E-state index is 8.69. The van der Waals surface area contributed by atoms with Crippen LogP contribution in [0.1, 0.15) is 0 Å². The fourth-order valence-electron chi connectivity index (χ4n) is 0. The maximum atomic E-state index is 8.69. The second kappa shape index (κ2) is 14.0. The standard InChI is InChI=1S/3Ca.2HO4Si/c;;;2*1-5(2,3)4/h;;;2*1H/q3*+2;2*-3. The molecule has 0 heterocycles. The third-order valence-corrected chi connectivity index (χ3v) is 0. The van der Waals surface area contributed by atoms with Gasteiger partial charge in [0.1, 0.15) is 0 Å². The normalized spacial score (nSPS) is 9.23. The van der Waals surface area contributed by atoms with Gasteiger partial charge in [0.2, 0.25) is 0 Å². The molecule has 0 spiro atoms. The van der Waals surface area contributed by atoms with E-state index in [1.165, 1.54) is 0 Å². The van der Waals surface area contributed by atoms with Crippen molar-refractivity contribution in [3.63, 3.8) is 0 Å². The van der Waals surface area contributed by atoms with Crippen molar-refractivity contribution in [1.29, 1.82) is 0 Å². The molecule has 0 amide bonds. The molecule has 13 heteroatoms. The summed E-state index contributed by atoms with van der Waals surface area (Å²) < 4.78 is 0. The van der Waals surface area contributed by atoms with Crippen LogP contribution >= 0.6 is 0 Å². The zero-order valence-corrected chi connectivity index (χ0v) is 15.1. The molecule has 0 bridgehead atoms. The van der Waals surface area contributed by atoms with Crippen LogP contribution in [0, 0.1) is 0 Å². The first-order chi connectivity index (χ1) is 4.00. The van der Waals surface area contributed by atoms with Crippen molar-refractivity contribution in [2.45, 2.75) is 0 Å². The van der Waals surface area contributed by atoms with Crippen molar-refractivity contribution < 1.29 is 38.4 Å². The average molecular weight is 306 g/mol. The van der Waals surface area contributed by atoms with Crippen LogP contribution in [0.4, 0.5) is 0 Å². The van der Waals surface area contributed by atoms with Crippen LogP contribution in [0.15, 0.2) is 0 Å². The number of hydrogen-bond donors (Lipinski definition) is 2.